The van der Waals surface area contributed by atoms with E-state index in [9.17, 15) is 4.79 Å². The molecule has 0 rings (SSSR count). The van der Waals surface area contributed by atoms with Crippen molar-refractivity contribution in [2.75, 3.05) is 26.8 Å². The maximum absolute atomic E-state index is 11.1. The van der Waals surface area contributed by atoms with Gasteiger partial charge >= 0.3 is 5.97 Å². The third-order valence-electron chi connectivity index (χ3n) is 2.39. The van der Waals surface area contributed by atoms with E-state index in [0.717, 1.165) is 32.4 Å². The largest absolute Gasteiger partial charge is 0.469 e. The summed E-state index contributed by atoms with van der Waals surface area (Å²) >= 11 is 0. The molecule has 90 valence electrons. The molecule has 0 radical (unpaired) electrons. The van der Waals surface area contributed by atoms with E-state index in [4.69, 9.17) is 5.11 Å². The van der Waals surface area contributed by atoms with Crippen LogP contribution < -0.4 is 5.32 Å². The summed E-state index contributed by atoms with van der Waals surface area (Å²) in [5.74, 6) is 0.172. The molecule has 0 saturated heterocycles. The van der Waals surface area contributed by atoms with Crippen LogP contribution in [0.15, 0.2) is 0 Å². The summed E-state index contributed by atoms with van der Waals surface area (Å²) in [6.45, 7) is 4.03. The number of aliphatic hydroxyl groups is 1. The molecule has 0 aliphatic heterocycles. The zero-order valence-electron chi connectivity index (χ0n) is 9.79. The van der Waals surface area contributed by atoms with Gasteiger partial charge in [0.05, 0.1) is 7.11 Å². The number of aliphatic hydroxyl groups excluding tert-OH is 1. The Balaban J connectivity index is 3.77. The van der Waals surface area contributed by atoms with Gasteiger partial charge in [-0.3, -0.25) is 4.79 Å². The highest BCUT2D eigenvalue weighted by molar-refractivity contribution is 5.69. The number of unbranched alkanes of at least 4 members (excludes halogenated alkanes) is 1. The first-order valence-electron chi connectivity index (χ1n) is 5.63. The Labute approximate surface area is 92.0 Å². The van der Waals surface area contributed by atoms with E-state index in [1.807, 2.05) is 6.92 Å². The highest BCUT2D eigenvalue weighted by atomic mass is 16.5. The Hall–Kier alpha value is -0.610. The minimum Gasteiger partial charge on any atom is -0.469 e. The van der Waals surface area contributed by atoms with Gasteiger partial charge in [0.25, 0.3) is 0 Å². The van der Waals surface area contributed by atoms with Crippen molar-refractivity contribution in [3.05, 3.63) is 0 Å². The molecule has 0 aromatic rings. The van der Waals surface area contributed by atoms with Gasteiger partial charge in [0.2, 0.25) is 0 Å². The van der Waals surface area contributed by atoms with Gasteiger partial charge < -0.3 is 15.2 Å². The van der Waals surface area contributed by atoms with Crippen LogP contribution in [0.5, 0.6) is 0 Å². The van der Waals surface area contributed by atoms with E-state index in [-0.39, 0.29) is 12.6 Å². The van der Waals surface area contributed by atoms with Crippen LogP contribution in [-0.2, 0) is 9.53 Å². The van der Waals surface area contributed by atoms with Gasteiger partial charge in [-0.25, -0.2) is 0 Å². The van der Waals surface area contributed by atoms with Crippen molar-refractivity contribution < 1.29 is 14.6 Å². The predicted octanol–water partition coefficient (Wildman–Crippen LogP) is 0.938. The maximum atomic E-state index is 11.1. The van der Waals surface area contributed by atoms with Crippen molar-refractivity contribution >= 4 is 5.97 Å². The molecule has 1 unspecified atom stereocenters. The molecule has 0 amide bonds. The Bertz CT molecular complexity index is 162. The van der Waals surface area contributed by atoms with Gasteiger partial charge in [0.1, 0.15) is 0 Å². The van der Waals surface area contributed by atoms with Gasteiger partial charge in [-0.05, 0) is 31.8 Å². The molecule has 1 atom stereocenters. The lowest BCUT2D eigenvalue weighted by molar-refractivity contribution is -0.141. The number of ether oxygens (including phenoxy) is 1. The van der Waals surface area contributed by atoms with E-state index >= 15 is 0 Å². The van der Waals surface area contributed by atoms with Crippen LogP contribution in [-0.4, -0.2) is 37.9 Å². The Kier molecular flexibility index (Phi) is 9.52. The van der Waals surface area contributed by atoms with Crippen LogP contribution in [0.4, 0.5) is 0 Å². The number of esters is 1. The third-order valence-corrected chi connectivity index (χ3v) is 2.39. The third kappa shape index (κ3) is 8.39. The van der Waals surface area contributed by atoms with Crippen molar-refractivity contribution in [3.8, 4) is 0 Å². The fraction of sp³-hybridized carbons (Fsp3) is 0.909. The standard InChI is InChI=1S/C11H23NO3/c1-3-12-9-10(6-4-5-7-13)8-11(14)15-2/h10,12-13H,3-9H2,1-2H3. The molecule has 0 aromatic heterocycles. The minimum absolute atomic E-state index is 0.151. The molecular formula is C11H23NO3. The molecule has 0 saturated carbocycles. The summed E-state index contributed by atoms with van der Waals surface area (Å²) in [5, 5.41) is 11.9. The monoisotopic (exact) mass is 217 g/mol. The van der Waals surface area contributed by atoms with E-state index in [0.29, 0.717) is 12.3 Å². The summed E-state index contributed by atoms with van der Waals surface area (Å²) in [5.41, 5.74) is 0. The van der Waals surface area contributed by atoms with Gasteiger partial charge in [-0.2, -0.15) is 0 Å². The first-order chi connectivity index (χ1) is 7.24. The minimum atomic E-state index is -0.151. The lowest BCUT2D eigenvalue weighted by Crippen LogP contribution is -2.25. The SMILES string of the molecule is CCNCC(CCCCO)CC(=O)OC. The van der Waals surface area contributed by atoms with Crippen LogP contribution in [0.3, 0.4) is 0 Å². The van der Waals surface area contributed by atoms with Crippen molar-refractivity contribution in [1.29, 1.82) is 0 Å². The van der Waals surface area contributed by atoms with Crippen LogP contribution in [0.2, 0.25) is 0 Å². The number of rotatable bonds is 9. The lowest BCUT2D eigenvalue weighted by atomic mass is 9.98. The second-order valence-corrected chi connectivity index (χ2v) is 3.67. The average molecular weight is 217 g/mol. The summed E-state index contributed by atoms with van der Waals surface area (Å²) in [7, 11) is 1.42. The molecule has 0 aliphatic rings. The number of nitrogens with one attached hydrogen (secondary N) is 1. The molecule has 4 nitrogen and oxygen atoms in total. The van der Waals surface area contributed by atoms with E-state index in [2.05, 4.69) is 10.1 Å². The summed E-state index contributed by atoms with van der Waals surface area (Å²) in [6, 6.07) is 0. The maximum Gasteiger partial charge on any atom is 0.305 e. The second kappa shape index (κ2) is 9.93. The van der Waals surface area contributed by atoms with E-state index < -0.39 is 0 Å². The molecule has 0 spiro atoms. The molecule has 4 heteroatoms. The molecule has 0 heterocycles. The van der Waals surface area contributed by atoms with Crippen molar-refractivity contribution in [1.82, 2.24) is 5.32 Å². The van der Waals surface area contributed by atoms with E-state index in [1.54, 1.807) is 0 Å². The second-order valence-electron chi connectivity index (χ2n) is 3.67. The zero-order valence-corrected chi connectivity index (χ0v) is 9.79. The van der Waals surface area contributed by atoms with Gasteiger partial charge in [-0.1, -0.05) is 13.3 Å². The Morgan fingerprint density at radius 1 is 1.47 bits per heavy atom. The quantitative estimate of drug-likeness (QED) is 0.446. The molecule has 0 bridgehead atoms. The zero-order chi connectivity index (χ0) is 11.5. The van der Waals surface area contributed by atoms with Crippen LogP contribution in [0.25, 0.3) is 0 Å². The van der Waals surface area contributed by atoms with Crippen LogP contribution >= 0.6 is 0 Å². The molecule has 2 N–H and O–H groups in total. The molecule has 0 aromatic carbocycles. The van der Waals surface area contributed by atoms with Crippen molar-refractivity contribution in [3.63, 3.8) is 0 Å². The molecule has 0 fully saturated rings. The number of carbonyl (C=O) groups excluding carboxylic acids is 1. The van der Waals surface area contributed by atoms with Gasteiger partial charge in [-0.15, -0.1) is 0 Å². The summed E-state index contributed by atoms with van der Waals surface area (Å²) in [6.07, 6.45) is 3.20. The highest BCUT2D eigenvalue weighted by Gasteiger charge is 2.13. The summed E-state index contributed by atoms with van der Waals surface area (Å²) in [4.78, 5) is 11.1. The predicted molar refractivity (Wildman–Crippen MR) is 59.6 cm³/mol. The number of hydrogen-bond donors (Lipinski definition) is 2. The van der Waals surface area contributed by atoms with E-state index in [1.165, 1.54) is 7.11 Å². The van der Waals surface area contributed by atoms with Gasteiger partial charge in [0, 0.05) is 13.0 Å². The lowest BCUT2D eigenvalue weighted by Gasteiger charge is -2.15. The van der Waals surface area contributed by atoms with Gasteiger partial charge in [0.15, 0.2) is 0 Å². The van der Waals surface area contributed by atoms with Crippen LogP contribution in [0, 0.1) is 5.92 Å². The molecular weight excluding hydrogens is 194 g/mol. The Morgan fingerprint density at radius 2 is 2.20 bits per heavy atom. The van der Waals surface area contributed by atoms with Crippen molar-refractivity contribution in [2.24, 2.45) is 5.92 Å². The Morgan fingerprint density at radius 3 is 2.73 bits per heavy atom. The fourth-order valence-corrected chi connectivity index (χ4v) is 1.49. The first-order valence-corrected chi connectivity index (χ1v) is 5.63. The normalized spacial score (nSPS) is 12.5. The summed E-state index contributed by atoms with van der Waals surface area (Å²) < 4.78 is 4.65. The fourth-order valence-electron chi connectivity index (χ4n) is 1.49. The number of hydrogen-bond acceptors (Lipinski definition) is 4. The van der Waals surface area contributed by atoms with Crippen LogP contribution in [0.1, 0.15) is 32.6 Å². The van der Waals surface area contributed by atoms with Crippen molar-refractivity contribution in [2.45, 2.75) is 32.6 Å². The molecule has 0 aliphatic carbocycles. The smallest absolute Gasteiger partial charge is 0.305 e. The molecule has 15 heavy (non-hydrogen) atoms. The number of carbonyl (C=O) groups is 1. The average Bonchev–Trinajstić information content (AvgIpc) is 2.25. The number of methoxy groups -OCH3 is 1. The first kappa shape index (κ1) is 14.4. The topological polar surface area (TPSA) is 58.6 Å². The highest BCUT2D eigenvalue weighted by Crippen LogP contribution is 2.12.